The van der Waals surface area contributed by atoms with Crippen molar-refractivity contribution in [3.63, 3.8) is 0 Å². The number of rotatable bonds is 6. The van der Waals surface area contributed by atoms with Gasteiger partial charge in [-0.3, -0.25) is 10.1 Å². The van der Waals surface area contributed by atoms with Gasteiger partial charge in [-0.15, -0.1) is 0 Å². The first-order valence-electron chi connectivity index (χ1n) is 5.84. The van der Waals surface area contributed by atoms with Crippen LogP contribution in [-0.2, 0) is 4.79 Å². The maximum atomic E-state index is 11.1. The second kappa shape index (κ2) is 5.13. The molecule has 0 radical (unpaired) electrons. The summed E-state index contributed by atoms with van der Waals surface area (Å²) in [5, 5.41) is 22.7. The first-order chi connectivity index (χ1) is 9.02. The summed E-state index contributed by atoms with van der Waals surface area (Å²) in [6.45, 7) is 0. The number of carboxylic acids is 1. The van der Waals surface area contributed by atoms with Gasteiger partial charge in [0.25, 0.3) is 0 Å². The molecule has 0 aliphatic heterocycles. The van der Waals surface area contributed by atoms with Crippen molar-refractivity contribution in [2.75, 3.05) is 12.4 Å². The minimum Gasteiger partial charge on any atom is -0.490 e. The average Bonchev–Trinajstić information content (AvgIpc) is 3.19. The minimum absolute atomic E-state index is 0.106. The number of methoxy groups -OCH3 is 1. The summed E-state index contributed by atoms with van der Waals surface area (Å²) in [6, 6.07) is 3.56. The fraction of sp³-hybridized carbons (Fsp3) is 0.417. The zero-order valence-corrected chi connectivity index (χ0v) is 10.3. The second-order valence-electron chi connectivity index (χ2n) is 4.44. The van der Waals surface area contributed by atoms with Crippen molar-refractivity contribution < 1.29 is 19.6 Å². The Kier molecular flexibility index (Phi) is 3.55. The largest absolute Gasteiger partial charge is 0.490 e. The van der Waals surface area contributed by atoms with Crippen LogP contribution in [-0.4, -0.2) is 29.2 Å². The Labute approximate surface area is 109 Å². The predicted molar refractivity (Wildman–Crippen MR) is 67.4 cm³/mol. The van der Waals surface area contributed by atoms with E-state index in [1.807, 2.05) is 0 Å². The van der Waals surface area contributed by atoms with Crippen molar-refractivity contribution in [3.05, 3.63) is 28.3 Å². The fourth-order valence-corrected chi connectivity index (χ4v) is 1.91. The molecule has 2 rings (SSSR count). The Bertz CT molecular complexity index is 513. The second-order valence-corrected chi connectivity index (χ2v) is 4.44. The number of carbonyl (C=O) groups is 1. The van der Waals surface area contributed by atoms with E-state index in [0.29, 0.717) is 5.69 Å². The third kappa shape index (κ3) is 2.93. The van der Waals surface area contributed by atoms with Crippen molar-refractivity contribution in [2.45, 2.75) is 18.9 Å². The number of ether oxygens (including phenoxy) is 1. The number of carboxylic acid groups (broad SMARTS) is 1. The molecule has 7 nitrogen and oxygen atoms in total. The lowest BCUT2D eigenvalue weighted by molar-refractivity contribution is -0.385. The van der Waals surface area contributed by atoms with Crippen LogP contribution in [0.1, 0.15) is 12.8 Å². The monoisotopic (exact) mass is 266 g/mol. The number of nitro benzene ring substituents is 1. The topological polar surface area (TPSA) is 102 Å². The Balaban J connectivity index is 2.20. The quantitative estimate of drug-likeness (QED) is 0.602. The van der Waals surface area contributed by atoms with E-state index in [2.05, 4.69) is 5.32 Å². The molecule has 2 N–H and O–H groups in total. The number of benzene rings is 1. The number of nitrogens with zero attached hydrogens (tertiary/aromatic N) is 1. The zero-order valence-electron chi connectivity index (χ0n) is 10.3. The Morgan fingerprint density at radius 1 is 1.58 bits per heavy atom. The molecule has 1 atom stereocenters. The van der Waals surface area contributed by atoms with Gasteiger partial charge in [-0.05, 0) is 24.8 Å². The highest BCUT2D eigenvalue weighted by atomic mass is 16.6. The molecule has 0 heterocycles. The van der Waals surface area contributed by atoms with Gasteiger partial charge in [0.15, 0.2) is 5.75 Å². The van der Waals surface area contributed by atoms with E-state index < -0.39 is 16.9 Å². The molecule has 1 aliphatic carbocycles. The molecule has 7 heteroatoms. The van der Waals surface area contributed by atoms with E-state index in [0.717, 1.165) is 12.8 Å². The van der Waals surface area contributed by atoms with Crippen LogP contribution < -0.4 is 10.1 Å². The van der Waals surface area contributed by atoms with Crippen LogP contribution in [0.4, 0.5) is 11.4 Å². The van der Waals surface area contributed by atoms with Crippen molar-refractivity contribution in [3.8, 4) is 5.75 Å². The van der Waals surface area contributed by atoms with Gasteiger partial charge in [0, 0.05) is 17.8 Å². The maximum Gasteiger partial charge on any atom is 0.326 e. The van der Waals surface area contributed by atoms with E-state index in [-0.39, 0.29) is 17.4 Å². The van der Waals surface area contributed by atoms with Crippen LogP contribution in [0.5, 0.6) is 5.75 Å². The zero-order chi connectivity index (χ0) is 14.0. The molecule has 0 bridgehead atoms. The van der Waals surface area contributed by atoms with Crippen molar-refractivity contribution in [1.29, 1.82) is 0 Å². The van der Waals surface area contributed by atoms with Gasteiger partial charge < -0.3 is 15.2 Å². The molecule has 1 unspecified atom stereocenters. The maximum absolute atomic E-state index is 11.1. The Hall–Kier alpha value is -2.31. The van der Waals surface area contributed by atoms with Gasteiger partial charge in [-0.2, -0.15) is 0 Å². The molecule has 1 aromatic carbocycles. The molecule has 0 spiro atoms. The summed E-state index contributed by atoms with van der Waals surface area (Å²) >= 11 is 0. The Morgan fingerprint density at radius 2 is 2.26 bits per heavy atom. The molecule has 102 valence electrons. The van der Waals surface area contributed by atoms with Gasteiger partial charge in [0.1, 0.15) is 6.04 Å². The summed E-state index contributed by atoms with van der Waals surface area (Å²) < 4.78 is 4.94. The van der Waals surface area contributed by atoms with Crippen LogP contribution in [0.15, 0.2) is 18.2 Å². The standard InChI is InChI=1S/C12H14N2O5/c1-19-10-6-8(4-5-9(10)14(17)18)13-11(12(15)16)7-2-3-7/h4-7,11,13H,2-3H2,1H3,(H,15,16). The molecule has 0 aromatic heterocycles. The van der Waals surface area contributed by atoms with Crippen LogP contribution in [0.2, 0.25) is 0 Å². The van der Waals surface area contributed by atoms with Crippen molar-refractivity contribution in [1.82, 2.24) is 0 Å². The highest BCUT2D eigenvalue weighted by Crippen LogP contribution is 2.36. The van der Waals surface area contributed by atoms with Crippen LogP contribution in [0.25, 0.3) is 0 Å². The number of nitro groups is 1. The third-order valence-electron chi connectivity index (χ3n) is 3.06. The predicted octanol–water partition coefficient (Wildman–Crippen LogP) is 1.88. The van der Waals surface area contributed by atoms with Gasteiger partial charge in [0.05, 0.1) is 12.0 Å². The van der Waals surface area contributed by atoms with Crippen LogP contribution in [0, 0.1) is 16.0 Å². The SMILES string of the molecule is COc1cc(NC(C(=O)O)C2CC2)ccc1[N+](=O)[O-]. The van der Waals surface area contributed by atoms with Crippen molar-refractivity contribution >= 4 is 17.3 Å². The summed E-state index contributed by atoms with van der Waals surface area (Å²) in [6.07, 6.45) is 1.77. The van der Waals surface area contributed by atoms with E-state index in [4.69, 9.17) is 9.84 Å². The van der Waals surface area contributed by atoms with E-state index in [1.54, 1.807) is 0 Å². The number of nitrogens with one attached hydrogen (secondary N) is 1. The van der Waals surface area contributed by atoms with Gasteiger partial charge >= 0.3 is 11.7 Å². The third-order valence-corrected chi connectivity index (χ3v) is 3.06. The lowest BCUT2D eigenvalue weighted by Crippen LogP contribution is -2.31. The summed E-state index contributed by atoms with van der Waals surface area (Å²) in [5.41, 5.74) is 0.355. The average molecular weight is 266 g/mol. The van der Waals surface area contributed by atoms with Crippen LogP contribution in [0.3, 0.4) is 0 Å². The number of anilines is 1. The first kappa shape index (κ1) is 13.1. The van der Waals surface area contributed by atoms with Gasteiger partial charge in [0.2, 0.25) is 0 Å². The Morgan fingerprint density at radius 3 is 2.74 bits per heavy atom. The number of hydrogen-bond acceptors (Lipinski definition) is 5. The van der Waals surface area contributed by atoms with Crippen molar-refractivity contribution in [2.24, 2.45) is 5.92 Å². The lowest BCUT2D eigenvalue weighted by Gasteiger charge is -2.15. The summed E-state index contributed by atoms with van der Waals surface area (Å²) in [7, 11) is 1.34. The minimum atomic E-state index is -0.917. The molecule has 1 aromatic rings. The summed E-state index contributed by atoms with van der Waals surface area (Å²) in [4.78, 5) is 21.3. The lowest BCUT2D eigenvalue weighted by atomic mass is 10.1. The molecular weight excluding hydrogens is 252 g/mol. The van der Waals surface area contributed by atoms with E-state index in [1.165, 1.54) is 25.3 Å². The first-order valence-corrected chi connectivity index (χ1v) is 5.84. The van der Waals surface area contributed by atoms with E-state index in [9.17, 15) is 14.9 Å². The number of aliphatic carboxylic acids is 1. The molecular formula is C12H14N2O5. The van der Waals surface area contributed by atoms with Gasteiger partial charge in [-0.1, -0.05) is 0 Å². The highest BCUT2D eigenvalue weighted by molar-refractivity contribution is 5.78. The molecule has 19 heavy (non-hydrogen) atoms. The molecule has 1 fully saturated rings. The highest BCUT2D eigenvalue weighted by Gasteiger charge is 2.36. The van der Waals surface area contributed by atoms with Crippen LogP contribution >= 0.6 is 0 Å². The van der Waals surface area contributed by atoms with E-state index >= 15 is 0 Å². The summed E-state index contributed by atoms with van der Waals surface area (Å²) in [5.74, 6) is -0.687. The molecule has 0 amide bonds. The normalized spacial score (nSPS) is 15.6. The fourth-order valence-electron chi connectivity index (χ4n) is 1.91. The molecule has 1 aliphatic rings. The van der Waals surface area contributed by atoms with Gasteiger partial charge in [-0.25, -0.2) is 4.79 Å². The smallest absolute Gasteiger partial charge is 0.326 e. The molecule has 0 saturated heterocycles. The number of hydrogen-bond donors (Lipinski definition) is 2. The molecule has 1 saturated carbocycles.